The first-order chi connectivity index (χ1) is 12.5. The molecule has 0 atom stereocenters. The molecule has 1 saturated heterocycles. The fourth-order valence-electron chi connectivity index (χ4n) is 3.04. The molecule has 8 heteroatoms. The third-order valence-electron chi connectivity index (χ3n) is 4.62. The highest BCUT2D eigenvalue weighted by molar-refractivity contribution is 7.89. The maximum absolute atomic E-state index is 12.6. The lowest BCUT2D eigenvalue weighted by Crippen LogP contribution is -2.41. The van der Waals surface area contributed by atoms with Crippen LogP contribution in [0.4, 0.5) is 0 Å². The predicted molar refractivity (Wildman–Crippen MR) is 96.9 cm³/mol. The quantitative estimate of drug-likeness (QED) is 0.795. The molecule has 3 rings (SSSR count). The highest BCUT2D eigenvalue weighted by Gasteiger charge is 2.29. The number of sulfonamides is 1. The molecule has 1 aliphatic heterocycles. The van der Waals surface area contributed by atoms with Crippen LogP contribution in [0, 0.1) is 5.92 Å². The SMILES string of the molecule is NCc1cc(C(=O)NCC2CCN(S(=O)(=O)c3ccccc3)CC2)co1. The maximum atomic E-state index is 12.6. The Morgan fingerprint density at radius 1 is 1.23 bits per heavy atom. The zero-order valence-electron chi connectivity index (χ0n) is 14.4. The topological polar surface area (TPSA) is 106 Å². The van der Waals surface area contributed by atoms with Gasteiger partial charge in [0, 0.05) is 19.6 Å². The Balaban J connectivity index is 1.50. The fourth-order valence-corrected chi connectivity index (χ4v) is 4.53. The van der Waals surface area contributed by atoms with E-state index in [0.717, 1.165) is 0 Å². The Morgan fingerprint density at radius 2 is 1.92 bits per heavy atom. The van der Waals surface area contributed by atoms with E-state index in [1.807, 2.05) is 0 Å². The van der Waals surface area contributed by atoms with Crippen LogP contribution >= 0.6 is 0 Å². The number of nitrogens with one attached hydrogen (secondary N) is 1. The van der Waals surface area contributed by atoms with E-state index in [1.165, 1.54) is 10.6 Å². The molecule has 1 fully saturated rings. The zero-order chi connectivity index (χ0) is 18.6. The second kappa shape index (κ2) is 8.03. The lowest BCUT2D eigenvalue weighted by molar-refractivity contribution is 0.0941. The van der Waals surface area contributed by atoms with E-state index in [1.54, 1.807) is 36.4 Å². The Kier molecular flexibility index (Phi) is 5.75. The minimum absolute atomic E-state index is 0.201. The van der Waals surface area contributed by atoms with Crippen molar-refractivity contribution in [1.82, 2.24) is 9.62 Å². The summed E-state index contributed by atoms with van der Waals surface area (Å²) in [5, 5.41) is 2.88. The van der Waals surface area contributed by atoms with E-state index in [-0.39, 0.29) is 18.4 Å². The van der Waals surface area contributed by atoms with Crippen LogP contribution in [0.15, 0.2) is 52.0 Å². The van der Waals surface area contributed by atoms with Gasteiger partial charge in [0.05, 0.1) is 17.0 Å². The Hall–Kier alpha value is -2.16. The van der Waals surface area contributed by atoms with Gasteiger partial charge in [-0.15, -0.1) is 0 Å². The van der Waals surface area contributed by atoms with Gasteiger partial charge in [0.2, 0.25) is 10.0 Å². The van der Waals surface area contributed by atoms with Crippen LogP contribution in [-0.4, -0.2) is 38.3 Å². The van der Waals surface area contributed by atoms with Crippen LogP contribution < -0.4 is 11.1 Å². The largest absolute Gasteiger partial charge is 0.467 e. The minimum Gasteiger partial charge on any atom is -0.467 e. The monoisotopic (exact) mass is 377 g/mol. The molecule has 1 aromatic heterocycles. The molecule has 0 spiro atoms. The number of rotatable bonds is 6. The third kappa shape index (κ3) is 4.14. The average Bonchev–Trinajstić information content (AvgIpc) is 3.16. The van der Waals surface area contributed by atoms with E-state index < -0.39 is 10.0 Å². The molecule has 1 aliphatic rings. The van der Waals surface area contributed by atoms with Crippen molar-refractivity contribution in [2.24, 2.45) is 11.7 Å². The van der Waals surface area contributed by atoms with Crippen molar-refractivity contribution in [3.63, 3.8) is 0 Å². The zero-order valence-corrected chi connectivity index (χ0v) is 15.2. The molecule has 0 bridgehead atoms. The van der Waals surface area contributed by atoms with E-state index >= 15 is 0 Å². The first-order valence-corrected chi connectivity index (χ1v) is 10.1. The number of nitrogens with two attached hydrogens (primary N) is 1. The van der Waals surface area contributed by atoms with E-state index in [2.05, 4.69) is 5.32 Å². The number of piperidine rings is 1. The van der Waals surface area contributed by atoms with E-state index in [9.17, 15) is 13.2 Å². The number of nitrogens with zero attached hydrogens (tertiary/aromatic N) is 1. The molecular weight excluding hydrogens is 354 g/mol. The van der Waals surface area contributed by atoms with Gasteiger partial charge in [0.1, 0.15) is 12.0 Å². The van der Waals surface area contributed by atoms with Crippen molar-refractivity contribution in [3.8, 4) is 0 Å². The van der Waals surface area contributed by atoms with Crippen molar-refractivity contribution in [1.29, 1.82) is 0 Å². The van der Waals surface area contributed by atoms with Gasteiger partial charge in [-0.2, -0.15) is 4.31 Å². The molecule has 0 aliphatic carbocycles. The fraction of sp³-hybridized carbons (Fsp3) is 0.389. The number of hydrogen-bond donors (Lipinski definition) is 2. The molecule has 26 heavy (non-hydrogen) atoms. The second-order valence-corrected chi connectivity index (χ2v) is 8.31. The lowest BCUT2D eigenvalue weighted by Gasteiger charge is -2.31. The molecule has 0 saturated carbocycles. The van der Waals surface area contributed by atoms with Gasteiger partial charge >= 0.3 is 0 Å². The average molecular weight is 377 g/mol. The van der Waals surface area contributed by atoms with Crippen LogP contribution in [0.2, 0.25) is 0 Å². The summed E-state index contributed by atoms with van der Waals surface area (Å²) >= 11 is 0. The van der Waals surface area contributed by atoms with Gasteiger partial charge in [-0.25, -0.2) is 8.42 Å². The normalized spacial score (nSPS) is 16.5. The number of carbonyl (C=O) groups excluding carboxylic acids is 1. The van der Waals surface area contributed by atoms with Crippen molar-refractivity contribution in [2.45, 2.75) is 24.3 Å². The Morgan fingerprint density at radius 3 is 2.54 bits per heavy atom. The maximum Gasteiger partial charge on any atom is 0.254 e. The van der Waals surface area contributed by atoms with Crippen molar-refractivity contribution in [3.05, 3.63) is 54.0 Å². The smallest absolute Gasteiger partial charge is 0.254 e. The lowest BCUT2D eigenvalue weighted by atomic mass is 9.98. The highest BCUT2D eigenvalue weighted by Crippen LogP contribution is 2.23. The summed E-state index contributed by atoms with van der Waals surface area (Å²) < 4.78 is 31.9. The summed E-state index contributed by atoms with van der Waals surface area (Å²) in [6.07, 6.45) is 2.82. The molecule has 2 aromatic rings. The number of furan rings is 1. The number of amides is 1. The van der Waals surface area contributed by atoms with Crippen molar-refractivity contribution < 1.29 is 17.6 Å². The first kappa shape index (κ1) is 18.6. The third-order valence-corrected chi connectivity index (χ3v) is 6.54. The molecule has 0 radical (unpaired) electrons. The molecule has 1 aromatic carbocycles. The molecule has 2 heterocycles. The minimum atomic E-state index is -3.44. The van der Waals surface area contributed by atoms with Crippen LogP contribution in [0.25, 0.3) is 0 Å². The van der Waals surface area contributed by atoms with Gasteiger partial charge < -0.3 is 15.5 Å². The number of hydrogen-bond acceptors (Lipinski definition) is 5. The van der Waals surface area contributed by atoms with Crippen molar-refractivity contribution in [2.75, 3.05) is 19.6 Å². The molecule has 140 valence electrons. The highest BCUT2D eigenvalue weighted by atomic mass is 32.2. The summed E-state index contributed by atoms with van der Waals surface area (Å²) in [5.41, 5.74) is 5.92. The van der Waals surface area contributed by atoms with Crippen LogP contribution in [0.5, 0.6) is 0 Å². The summed E-state index contributed by atoms with van der Waals surface area (Å²) in [6, 6.07) is 10.1. The number of carbonyl (C=O) groups is 1. The molecule has 0 unspecified atom stereocenters. The van der Waals surface area contributed by atoms with Gasteiger partial charge in [-0.3, -0.25) is 4.79 Å². The van der Waals surface area contributed by atoms with Crippen LogP contribution in [0.1, 0.15) is 29.0 Å². The van der Waals surface area contributed by atoms with Gasteiger partial charge in [0.25, 0.3) is 5.91 Å². The van der Waals surface area contributed by atoms with E-state index in [0.29, 0.717) is 48.7 Å². The molecule has 1 amide bonds. The summed E-state index contributed by atoms with van der Waals surface area (Å²) in [5.74, 6) is 0.615. The predicted octanol–water partition coefficient (Wildman–Crippen LogP) is 1.57. The van der Waals surface area contributed by atoms with Crippen LogP contribution in [-0.2, 0) is 16.6 Å². The number of benzene rings is 1. The van der Waals surface area contributed by atoms with Gasteiger partial charge in [-0.1, -0.05) is 18.2 Å². The first-order valence-electron chi connectivity index (χ1n) is 8.61. The summed E-state index contributed by atoms with van der Waals surface area (Å²) in [6.45, 7) is 1.68. The summed E-state index contributed by atoms with van der Waals surface area (Å²) in [7, 11) is -3.44. The van der Waals surface area contributed by atoms with E-state index in [4.69, 9.17) is 10.2 Å². The molecule has 7 nitrogen and oxygen atoms in total. The molecule has 3 N–H and O–H groups in total. The molecular formula is C18H23N3O4S. The van der Waals surface area contributed by atoms with Gasteiger partial charge in [-0.05, 0) is 37.0 Å². The standard InChI is InChI=1S/C18H23N3O4S/c19-11-16-10-15(13-25-16)18(22)20-12-14-6-8-21(9-7-14)26(23,24)17-4-2-1-3-5-17/h1-5,10,13-14H,6-9,11-12,19H2,(H,20,22). The van der Waals surface area contributed by atoms with Crippen molar-refractivity contribution >= 4 is 15.9 Å². The Bertz CT molecular complexity index is 840. The summed E-state index contributed by atoms with van der Waals surface area (Å²) in [4.78, 5) is 12.4. The second-order valence-electron chi connectivity index (χ2n) is 6.38. The van der Waals surface area contributed by atoms with Gasteiger partial charge in [0.15, 0.2) is 0 Å². The Labute approximate surface area is 153 Å². The van der Waals surface area contributed by atoms with Crippen LogP contribution in [0.3, 0.4) is 0 Å².